The molecule has 24 heavy (non-hydrogen) atoms. The number of allylic oxidation sites excluding steroid dienone is 1. The summed E-state index contributed by atoms with van der Waals surface area (Å²) in [7, 11) is 0. The second kappa shape index (κ2) is 18.0. The average Bonchev–Trinajstić information content (AvgIpc) is 2.35. The van der Waals surface area contributed by atoms with Crippen molar-refractivity contribution in [3.63, 3.8) is 0 Å². The average molecular weight is 388 g/mol. The Hall–Kier alpha value is 0.214. The molecular weight excluding hydrogens is 348 g/mol. The fraction of sp³-hybridized carbons (Fsp3) is 0.882. The normalized spacial score (nSPS) is 11.3. The summed E-state index contributed by atoms with van der Waals surface area (Å²) >= 11 is -3.62. The van der Waals surface area contributed by atoms with Crippen molar-refractivity contribution in [2.45, 2.75) is 86.7 Å². The Balaban J connectivity index is -0.000000531. The topological polar surface area (TPSA) is 77.4 Å². The maximum Gasteiger partial charge on any atom is 0.0662 e. The van der Waals surface area contributed by atoms with Crippen LogP contribution in [0, 0.1) is 0 Å². The van der Waals surface area contributed by atoms with Crippen molar-refractivity contribution >= 4 is 0 Å². The molecule has 0 aromatic heterocycles. The van der Waals surface area contributed by atoms with Gasteiger partial charge in [-0.15, -0.1) is 6.58 Å². The molecule has 7 heteroatoms. The Morgan fingerprint density at radius 3 is 0.958 bits per heavy atom. The van der Waals surface area contributed by atoms with Crippen LogP contribution in [0.4, 0.5) is 0 Å². The van der Waals surface area contributed by atoms with E-state index in [1.54, 1.807) is 6.08 Å². The molecule has 0 aliphatic carbocycles. The van der Waals surface area contributed by atoms with E-state index >= 15 is 0 Å². The first-order valence-electron chi connectivity index (χ1n) is 8.50. The van der Waals surface area contributed by atoms with Gasteiger partial charge in [-0.05, 0) is 6.92 Å². The first kappa shape index (κ1) is 29.0. The summed E-state index contributed by atoms with van der Waals surface area (Å²) in [5.74, 6) is 0. The molecule has 148 valence electrons. The van der Waals surface area contributed by atoms with Crippen LogP contribution in [0.2, 0.25) is 0 Å². The summed E-state index contributed by atoms with van der Waals surface area (Å²) in [5, 5.41) is 15.2. The molecule has 0 bridgehead atoms. The van der Waals surface area contributed by atoms with Gasteiger partial charge in [0.05, 0.1) is 13.2 Å². The molecule has 0 aromatic rings. The van der Waals surface area contributed by atoms with E-state index in [-0.39, 0.29) is 37.6 Å². The minimum absolute atomic E-state index is 0.0336. The van der Waals surface area contributed by atoms with Crippen molar-refractivity contribution in [2.24, 2.45) is 0 Å². The zero-order valence-corrected chi connectivity index (χ0v) is 18.6. The van der Waals surface area contributed by atoms with Gasteiger partial charge in [-0.3, -0.25) is 0 Å². The second-order valence-electron chi connectivity index (χ2n) is 6.02. The molecule has 0 saturated carbocycles. The first-order valence-corrected chi connectivity index (χ1v) is 11.0. The van der Waals surface area contributed by atoms with Crippen LogP contribution in [0.5, 0.6) is 0 Å². The van der Waals surface area contributed by atoms with Crippen LogP contribution in [0.25, 0.3) is 0 Å². The van der Waals surface area contributed by atoms with Crippen LogP contribution in [0.1, 0.15) is 62.3 Å². The summed E-state index contributed by atoms with van der Waals surface area (Å²) in [6, 6.07) is 0. The van der Waals surface area contributed by atoms with Crippen LogP contribution in [-0.4, -0.2) is 47.8 Å². The predicted molar refractivity (Wildman–Crippen MR) is 94.9 cm³/mol. The minimum Gasteiger partial charge on any atom is -0.394 e. The van der Waals surface area contributed by atoms with Crippen molar-refractivity contribution in [1.82, 2.24) is 0 Å². The number of aliphatic hydroxyl groups excluding tert-OH is 2. The van der Waals surface area contributed by atoms with Gasteiger partial charge >= 0.3 is 111 Å². The molecule has 0 aliphatic rings. The maximum atomic E-state index is 7.62. The van der Waals surface area contributed by atoms with Gasteiger partial charge in [0, 0.05) is 0 Å². The SMILES string of the molecule is C=CC.CC(C)[O][Ti]([O]C(C)C)([O]C(C)C)[O]C(C)C.OCCO. The molecule has 0 amide bonds. The fourth-order valence-corrected chi connectivity index (χ4v) is 5.45. The quantitative estimate of drug-likeness (QED) is 0.464. The van der Waals surface area contributed by atoms with Gasteiger partial charge in [0.25, 0.3) is 0 Å². The predicted octanol–water partition coefficient (Wildman–Crippen LogP) is 3.66. The molecule has 0 rings (SSSR count). The van der Waals surface area contributed by atoms with E-state index in [1.807, 2.05) is 62.3 Å². The van der Waals surface area contributed by atoms with Gasteiger partial charge < -0.3 is 10.2 Å². The summed E-state index contributed by atoms with van der Waals surface area (Å²) in [4.78, 5) is 0. The third kappa shape index (κ3) is 22.2. The molecule has 0 heterocycles. The van der Waals surface area contributed by atoms with Gasteiger partial charge in [-0.2, -0.15) is 0 Å². The van der Waals surface area contributed by atoms with E-state index in [4.69, 9.17) is 23.5 Å². The van der Waals surface area contributed by atoms with E-state index in [0.717, 1.165) is 0 Å². The third-order valence-electron chi connectivity index (χ3n) is 1.62. The molecule has 0 atom stereocenters. The molecule has 0 unspecified atom stereocenters. The first-order chi connectivity index (χ1) is 11.0. The van der Waals surface area contributed by atoms with Crippen molar-refractivity contribution in [3.05, 3.63) is 12.7 Å². The van der Waals surface area contributed by atoms with E-state index < -0.39 is 18.1 Å². The largest absolute Gasteiger partial charge is 0.394 e. The van der Waals surface area contributed by atoms with Crippen molar-refractivity contribution in [1.29, 1.82) is 0 Å². The van der Waals surface area contributed by atoms with E-state index in [2.05, 4.69) is 6.58 Å². The van der Waals surface area contributed by atoms with Crippen LogP contribution in [0.3, 0.4) is 0 Å². The smallest absolute Gasteiger partial charge is 0.0662 e. The summed E-state index contributed by atoms with van der Waals surface area (Å²) in [6.45, 7) is 20.8. The molecule has 2 N–H and O–H groups in total. The van der Waals surface area contributed by atoms with Crippen LogP contribution >= 0.6 is 0 Å². The zero-order valence-electron chi connectivity index (χ0n) is 17.0. The van der Waals surface area contributed by atoms with E-state index in [1.165, 1.54) is 0 Å². The molecule has 0 spiro atoms. The summed E-state index contributed by atoms with van der Waals surface area (Å²) in [5.41, 5.74) is 0. The van der Waals surface area contributed by atoms with Crippen molar-refractivity contribution in [3.8, 4) is 0 Å². The second-order valence-corrected chi connectivity index (χ2v) is 9.06. The van der Waals surface area contributed by atoms with Gasteiger partial charge in [0.15, 0.2) is 0 Å². The molecule has 0 aromatic carbocycles. The minimum atomic E-state index is -3.62. The Labute approximate surface area is 154 Å². The summed E-state index contributed by atoms with van der Waals surface area (Å²) < 4.78 is 23.6. The standard InChI is InChI=1S/4C3H7O.C3H6.C2H6O2.Ti/c4*1-3(2)4;1-3-2;3-1-2-4;/h4*3H,1-2H3;3H,1H2,2H3;3-4H,1-2H2;/q4*-1;;;+4. The van der Waals surface area contributed by atoms with Crippen LogP contribution in [0.15, 0.2) is 12.7 Å². The third-order valence-corrected chi connectivity index (χ3v) is 6.37. The van der Waals surface area contributed by atoms with Gasteiger partial charge in [-0.1, -0.05) is 6.08 Å². The monoisotopic (exact) mass is 388 g/mol. The van der Waals surface area contributed by atoms with Crippen molar-refractivity contribution in [2.75, 3.05) is 13.2 Å². The van der Waals surface area contributed by atoms with Gasteiger partial charge in [0.1, 0.15) is 0 Å². The molecule has 0 radical (unpaired) electrons. The molecule has 0 aliphatic heterocycles. The number of hydrogen-bond donors (Lipinski definition) is 2. The zero-order chi connectivity index (χ0) is 19.8. The fourth-order valence-electron chi connectivity index (χ4n) is 1.32. The number of rotatable bonds is 9. The van der Waals surface area contributed by atoms with Gasteiger partial charge in [0.2, 0.25) is 0 Å². The molecule has 0 saturated heterocycles. The maximum absolute atomic E-state index is 7.62. The van der Waals surface area contributed by atoms with Crippen LogP contribution in [-0.2, 0) is 31.4 Å². The van der Waals surface area contributed by atoms with E-state index in [0.29, 0.717) is 0 Å². The van der Waals surface area contributed by atoms with Gasteiger partial charge in [-0.25, -0.2) is 0 Å². The number of hydrogen-bond acceptors (Lipinski definition) is 6. The Morgan fingerprint density at radius 1 is 0.708 bits per heavy atom. The Kier molecular flexibility index (Phi) is 21.8. The Bertz CT molecular complexity index is 222. The summed E-state index contributed by atoms with van der Waals surface area (Å²) in [6.07, 6.45) is 1.88. The van der Waals surface area contributed by atoms with Crippen LogP contribution < -0.4 is 0 Å². The van der Waals surface area contributed by atoms with E-state index in [9.17, 15) is 0 Å². The Morgan fingerprint density at radius 2 is 0.875 bits per heavy atom. The molecule has 0 fully saturated rings. The number of aliphatic hydroxyl groups is 2. The molecular formula is C17H40O6Ti. The van der Waals surface area contributed by atoms with Crippen molar-refractivity contribution < 1.29 is 41.6 Å². The molecule has 6 nitrogen and oxygen atoms in total.